The van der Waals surface area contributed by atoms with E-state index in [1.165, 1.54) is 0 Å². The van der Waals surface area contributed by atoms with E-state index in [-0.39, 0.29) is 10.8 Å². The van der Waals surface area contributed by atoms with Crippen molar-refractivity contribution < 1.29 is 13.2 Å². The van der Waals surface area contributed by atoms with Crippen LogP contribution in [0.25, 0.3) is 0 Å². The van der Waals surface area contributed by atoms with Gasteiger partial charge in [-0.2, -0.15) is 0 Å². The lowest BCUT2D eigenvalue weighted by Gasteiger charge is -2.16. The molecule has 2 aromatic carbocycles. The fourth-order valence-corrected chi connectivity index (χ4v) is 4.33. The van der Waals surface area contributed by atoms with Crippen molar-refractivity contribution in [3.8, 4) is 0 Å². The molecule has 0 aromatic heterocycles. The van der Waals surface area contributed by atoms with Gasteiger partial charge in [0.2, 0.25) is 5.91 Å². The van der Waals surface area contributed by atoms with Crippen molar-refractivity contribution in [1.82, 2.24) is 5.32 Å². The lowest BCUT2D eigenvalue weighted by Crippen LogP contribution is -2.34. The van der Waals surface area contributed by atoms with Crippen LogP contribution >= 0.6 is 0 Å². The Kier molecular flexibility index (Phi) is 4.56. The third-order valence-corrected chi connectivity index (χ3v) is 6.14. The van der Waals surface area contributed by atoms with Gasteiger partial charge in [-0.05, 0) is 56.0 Å². The number of anilines is 1. The van der Waals surface area contributed by atoms with Gasteiger partial charge < -0.3 is 5.32 Å². The summed E-state index contributed by atoms with van der Waals surface area (Å²) in [5, 5.41) is 2.88. The van der Waals surface area contributed by atoms with E-state index in [1.54, 1.807) is 43.3 Å². The van der Waals surface area contributed by atoms with Crippen molar-refractivity contribution in [2.45, 2.75) is 37.0 Å². The molecular formula is C19H22N2O3S. The maximum atomic E-state index is 12.5. The fraction of sp³-hybridized carbons (Fsp3) is 0.316. The van der Waals surface area contributed by atoms with E-state index in [0.717, 1.165) is 18.4 Å². The van der Waals surface area contributed by atoms with Crippen molar-refractivity contribution >= 4 is 21.6 Å². The van der Waals surface area contributed by atoms with Gasteiger partial charge >= 0.3 is 0 Å². The summed E-state index contributed by atoms with van der Waals surface area (Å²) in [5.41, 5.74) is 1.67. The molecule has 3 rings (SSSR count). The average Bonchev–Trinajstić information content (AvgIpc) is 3.37. The normalized spacial score (nSPS) is 15.4. The average molecular weight is 358 g/mol. The molecule has 0 atom stereocenters. The van der Waals surface area contributed by atoms with E-state index in [4.69, 9.17) is 0 Å². The first-order chi connectivity index (χ1) is 11.9. The molecule has 0 unspecified atom stereocenters. The lowest BCUT2D eigenvalue weighted by molar-refractivity contribution is -0.123. The molecule has 6 heteroatoms. The number of hydrogen-bond donors (Lipinski definition) is 2. The Morgan fingerprint density at radius 3 is 2.28 bits per heavy atom. The van der Waals surface area contributed by atoms with Crippen LogP contribution in [0.2, 0.25) is 0 Å². The van der Waals surface area contributed by atoms with Crippen molar-refractivity contribution in [1.29, 1.82) is 0 Å². The van der Waals surface area contributed by atoms with Gasteiger partial charge in [-0.25, -0.2) is 8.42 Å². The van der Waals surface area contributed by atoms with Crippen molar-refractivity contribution in [3.63, 3.8) is 0 Å². The molecule has 1 fully saturated rings. The number of amides is 1. The summed E-state index contributed by atoms with van der Waals surface area (Å²) in [7, 11) is -3.63. The number of hydrogen-bond acceptors (Lipinski definition) is 3. The number of nitrogens with one attached hydrogen (secondary N) is 2. The Hall–Kier alpha value is -2.34. The van der Waals surface area contributed by atoms with Crippen molar-refractivity contribution in [2.24, 2.45) is 0 Å². The first-order valence-electron chi connectivity index (χ1n) is 8.36. The second-order valence-electron chi connectivity index (χ2n) is 6.39. The zero-order valence-electron chi connectivity index (χ0n) is 14.4. The topological polar surface area (TPSA) is 75.3 Å². The number of carbonyl (C=O) groups is 1. The minimum atomic E-state index is -3.63. The second kappa shape index (κ2) is 6.52. The Labute approximate surface area is 148 Å². The predicted octanol–water partition coefficient (Wildman–Crippen LogP) is 2.96. The Morgan fingerprint density at radius 2 is 1.72 bits per heavy atom. The molecule has 0 saturated heterocycles. The van der Waals surface area contributed by atoms with Crippen LogP contribution in [0.15, 0.2) is 53.4 Å². The van der Waals surface area contributed by atoms with Crippen molar-refractivity contribution in [3.05, 3.63) is 59.7 Å². The first kappa shape index (κ1) is 17.5. The van der Waals surface area contributed by atoms with Crippen LogP contribution in [0.1, 0.15) is 30.9 Å². The monoisotopic (exact) mass is 358 g/mol. The van der Waals surface area contributed by atoms with Crippen molar-refractivity contribution in [2.75, 3.05) is 11.3 Å². The highest BCUT2D eigenvalue weighted by atomic mass is 32.2. The van der Waals surface area contributed by atoms with Gasteiger partial charge in [0.15, 0.2) is 0 Å². The zero-order valence-corrected chi connectivity index (χ0v) is 15.2. The molecule has 1 amide bonds. The largest absolute Gasteiger partial charge is 0.356 e. The molecular weight excluding hydrogens is 336 g/mol. The molecule has 1 aliphatic carbocycles. The summed E-state index contributed by atoms with van der Waals surface area (Å²) < 4.78 is 27.7. The molecule has 25 heavy (non-hydrogen) atoms. The summed E-state index contributed by atoms with van der Waals surface area (Å²) >= 11 is 0. The maximum absolute atomic E-state index is 12.5. The van der Waals surface area contributed by atoms with Gasteiger partial charge in [0.1, 0.15) is 0 Å². The van der Waals surface area contributed by atoms with Gasteiger partial charge in [-0.15, -0.1) is 0 Å². The third-order valence-electron chi connectivity index (χ3n) is 4.59. The molecule has 2 N–H and O–H groups in total. The SMILES string of the molecule is CCNC(=O)C1(c2ccc(NS(=O)(=O)c3ccccc3C)cc2)CC1. The molecule has 0 aliphatic heterocycles. The van der Waals surface area contributed by atoms with Gasteiger partial charge in [-0.3, -0.25) is 9.52 Å². The maximum Gasteiger partial charge on any atom is 0.262 e. The number of benzene rings is 2. The Bertz CT molecular complexity index is 885. The summed E-state index contributed by atoms with van der Waals surface area (Å²) in [6.45, 7) is 4.27. The Morgan fingerprint density at radius 1 is 1.08 bits per heavy atom. The molecule has 5 nitrogen and oxygen atoms in total. The van der Waals surface area contributed by atoms with E-state index < -0.39 is 15.4 Å². The summed E-state index contributed by atoms with van der Waals surface area (Å²) in [5.74, 6) is 0.0447. The van der Waals surface area contributed by atoms with Crippen LogP contribution in [-0.2, 0) is 20.2 Å². The highest BCUT2D eigenvalue weighted by molar-refractivity contribution is 7.92. The van der Waals surface area contributed by atoms with Crippen LogP contribution in [0.4, 0.5) is 5.69 Å². The molecule has 0 bridgehead atoms. The molecule has 1 saturated carbocycles. The Balaban J connectivity index is 1.80. The molecule has 2 aromatic rings. The predicted molar refractivity (Wildman–Crippen MR) is 98.0 cm³/mol. The fourth-order valence-electron chi connectivity index (χ4n) is 3.03. The highest BCUT2D eigenvalue weighted by Crippen LogP contribution is 2.48. The minimum Gasteiger partial charge on any atom is -0.356 e. The lowest BCUT2D eigenvalue weighted by atomic mass is 9.95. The molecule has 0 spiro atoms. The van der Waals surface area contributed by atoms with Gasteiger partial charge in [0, 0.05) is 12.2 Å². The first-order valence-corrected chi connectivity index (χ1v) is 9.85. The van der Waals surface area contributed by atoms with E-state index in [1.807, 2.05) is 19.1 Å². The zero-order chi connectivity index (χ0) is 18.1. The van der Waals surface area contributed by atoms with E-state index in [9.17, 15) is 13.2 Å². The number of sulfonamides is 1. The summed E-state index contributed by atoms with van der Waals surface area (Å²) in [6, 6.07) is 13.9. The van der Waals surface area contributed by atoms with E-state index in [0.29, 0.717) is 17.8 Å². The van der Waals surface area contributed by atoms with E-state index >= 15 is 0 Å². The highest BCUT2D eigenvalue weighted by Gasteiger charge is 2.50. The smallest absolute Gasteiger partial charge is 0.262 e. The van der Waals surface area contributed by atoms with Crippen LogP contribution in [-0.4, -0.2) is 20.9 Å². The number of likely N-dealkylation sites (N-methyl/N-ethyl adjacent to an activating group) is 1. The molecule has 0 radical (unpaired) electrons. The van der Waals surface area contributed by atoms with Gasteiger partial charge in [-0.1, -0.05) is 30.3 Å². The minimum absolute atomic E-state index is 0.0447. The standard InChI is InChI=1S/C19H22N2O3S/c1-3-20-18(22)19(12-13-19)15-8-10-16(11-9-15)21-25(23,24)17-7-5-4-6-14(17)2/h4-11,21H,3,12-13H2,1-2H3,(H,20,22). The number of carbonyl (C=O) groups excluding carboxylic acids is 1. The quantitative estimate of drug-likeness (QED) is 0.834. The number of aryl methyl sites for hydroxylation is 1. The molecule has 132 valence electrons. The summed E-state index contributed by atoms with van der Waals surface area (Å²) in [4.78, 5) is 12.5. The second-order valence-corrected chi connectivity index (χ2v) is 8.04. The van der Waals surface area contributed by atoms with Crippen LogP contribution in [0.3, 0.4) is 0 Å². The van der Waals surface area contributed by atoms with Gasteiger partial charge in [0.25, 0.3) is 10.0 Å². The molecule has 0 heterocycles. The van der Waals surface area contributed by atoms with E-state index in [2.05, 4.69) is 10.0 Å². The summed E-state index contributed by atoms with van der Waals surface area (Å²) in [6.07, 6.45) is 1.65. The van der Waals surface area contributed by atoms with Gasteiger partial charge in [0.05, 0.1) is 10.3 Å². The van der Waals surface area contributed by atoms with Crippen LogP contribution < -0.4 is 10.0 Å². The number of rotatable bonds is 6. The van der Waals surface area contributed by atoms with Crippen LogP contribution in [0.5, 0.6) is 0 Å². The third kappa shape index (κ3) is 3.39. The molecule has 1 aliphatic rings. The van der Waals surface area contributed by atoms with Crippen LogP contribution in [0, 0.1) is 6.92 Å².